The summed E-state index contributed by atoms with van der Waals surface area (Å²) >= 11 is 0. The van der Waals surface area contributed by atoms with Crippen molar-refractivity contribution in [3.05, 3.63) is 117 Å². The minimum atomic E-state index is -2.23. The number of rotatable bonds is 6. The van der Waals surface area contributed by atoms with Crippen molar-refractivity contribution in [3.8, 4) is 0 Å². The third-order valence-electron chi connectivity index (χ3n) is 7.91. The molecule has 0 saturated heterocycles. The summed E-state index contributed by atoms with van der Waals surface area (Å²) in [4.78, 5) is 64.4. The maximum absolute atomic E-state index is 13.2. The van der Waals surface area contributed by atoms with Gasteiger partial charge in [0.1, 0.15) is 11.1 Å². The first kappa shape index (κ1) is 27.4. The summed E-state index contributed by atoms with van der Waals surface area (Å²) in [5.74, 6) is -3.27. The molecule has 44 heavy (non-hydrogen) atoms. The third-order valence-corrected chi connectivity index (χ3v) is 7.91. The molecule has 3 aromatic carbocycles. The lowest BCUT2D eigenvalue weighted by Gasteiger charge is -2.25. The minimum absolute atomic E-state index is 0.00358. The second-order valence-electron chi connectivity index (χ2n) is 10.2. The second-order valence-corrected chi connectivity index (χ2v) is 10.2. The van der Waals surface area contributed by atoms with E-state index in [0.29, 0.717) is 0 Å². The number of esters is 2. The molecule has 0 radical (unpaired) electrons. The van der Waals surface area contributed by atoms with Crippen molar-refractivity contribution in [2.24, 2.45) is 0 Å². The molecule has 4 heterocycles. The van der Waals surface area contributed by atoms with E-state index in [1.54, 1.807) is 38.1 Å². The molecular formula is C32H24N2O10. The second kappa shape index (κ2) is 9.53. The SMILES string of the molecule is CCOC(=O)C1=C(c2ccc(C3=C(C(=O)OCC)C4(O)c5ccccc5C(=O)N4O3)cc2)ON2C(=O)c3ccccc3C12O. The molecule has 0 aliphatic carbocycles. The van der Waals surface area contributed by atoms with Gasteiger partial charge in [-0.25, -0.2) is 9.59 Å². The molecule has 0 spiro atoms. The number of ether oxygens (including phenoxy) is 2. The van der Waals surface area contributed by atoms with Crippen LogP contribution in [0, 0.1) is 0 Å². The Morgan fingerprint density at radius 2 is 1.02 bits per heavy atom. The molecule has 0 fully saturated rings. The Labute approximate surface area is 249 Å². The zero-order valence-electron chi connectivity index (χ0n) is 23.4. The number of nitrogens with zero attached hydrogens (tertiary/aromatic N) is 2. The van der Waals surface area contributed by atoms with Crippen LogP contribution in [0.25, 0.3) is 11.5 Å². The van der Waals surface area contributed by atoms with Crippen LogP contribution in [0.5, 0.6) is 0 Å². The summed E-state index contributed by atoms with van der Waals surface area (Å²) in [6.45, 7) is 3.22. The zero-order chi connectivity index (χ0) is 31.0. The molecule has 0 aromatic heterocycles. The molecule has 2 N–H and O–H groups in total. The van der Waals surface area contributed by atoms with Crippen molar-refractivity contribution in [2.45, 2.75) is 25.3 Å². The smallest absolute Gasteiger partial charge is 0.343 e. The number of hydrogen-bond acceptors (Lipinski definition) is 10. The van der Waals surface area contributed by atoms with Crippen LogP contribution in [0.15, 0.2) is 83.9 Å². The molecule has 12 heteroatoms. The summed E-state index contributed by atoms with van der Waals surface area (Å²) in [6, 6.07) is 18.6. The van der Waals surface area contributed by atoms with Gasteiger partial charge < -0.3 is 29.4 Å². The van der Waals surface area contributed by atoms with Gasteiger partial charge in [-0.1, -0.05) is 60.7 Å². The number of amides is 2. The van der Waals surface area contributed by atoms with Crippen LogP contribution < -0.4 is 0 Å². The molecule has 3 aromatic rings. The van der Waals surface area contributed by atoms with Crippen LogP contribution in [0.1, 0.15) is 56.8 Å². The van der Waals surface area contributed by atoms with E-state index in [9.17, 15) is 29.4 Å². The molecule has 2 unspecified atom stereocenters. The molecule has 4 aliphatic heterocycles. The van der Waals surface area contributed by atoms with Crippen molar-refractivity contribution in [1.29, 1.82) is 0 Å². The Kier molecular flexibility index (Phi) is 5.93. The summed E-state index contributed by atoms with van der Waals surface area (Å²) < 4.78 is 10.5. The number of benzene rings is 3. The van der Waals surface area contributed by atoms with E-state index in [0.717, 1.165) is 10.1 Å². The highest BCUT2D eigenvalue weighted by Crippen LogP contribution is 2.53. The topological polar surface area (TPSA) is 152 Å². The van der Waals surface area contributed by atoms with Crippen LogP contribution in [0.3, 0.4) is 0 Å². The van der Waals surface area contributed by atoms with E-state index < -0.39 is 35.2 Å². The highest BCUT2D eigenvalue weighted by molar-refractivity contribution is 6.09. The number of hydrogen-bond donors (Lipinski definition) is 2. The molecular weight excluding hydrogens is 572 g/mol. The van der Waals surface area contributed by atoms with Crippen LogP contribution in [0.2, 0.25) is 0 Å². The summed E-state index contributed by atoms with van der Waals surface area (Å²) in [5, 5.41) is 25.1. The lowest BCUT2D eigenvalue weighted by Crippen LogP contribution is -2.42. The molecule has 7 rings (SSSR count). The molecule has 0 bridgehead atoms. The Morgan fingerprint density at radius 3 is 1.39 bits per heavy atom. The van der Waals surface area contributed by atoms with Crippen LogP contribution in [-0.2, 0) is 40.2 Å². The van der Waals surface area contributed by atoms with E-state index in [1.807, 2.05) is 0 Å². The first-order valence-corrected chi connectivity index (χ1v) is 13.8. The highest BCUT2D eigenvalue weighted by Gasteiger charge is 2.63. The lowest BCUT2D eigenvalue weighted by atomic mass is 9.91. The van der Waals surface area contributed by atoms with Gasteiger partial charge in [-0.05, 0) is 26.0 Å². The van der Waals surface area contributed by atoms with Crippen molar-refractivity contribution >= 4 is 35.3 Å². The van der Waals surface area contributed by atoms with Gasteiger partial charge in [0.25, 0.3) is 11.8 Å². The van der Waals surface area contributed by atoms with Gasteiger partial charge in [-0.2, -0.15) is 0 Å². The first-order chi connectivity index (χ1) is 21.2. The van der Waals surface area contributed by atoms with Gasteiger partial charge in [0.15, 0.2) is 11.5 Å². The van der Waals surface area contributed by atoms with Crippen molar-refractivity contribution < 1.29 is 48.5 Å². The van der Waals surface area contributed by atoms with Crippen molar-refractivity contribution in [1.82, 2.24) is 10.1 Å². The fourth-order valence-corrected chi connectivity index (χ4v) is 6.00. The van der Waals surface area contributed by atoms with Crippen LogP contribution in [-0.4, -0.2) is 57.3 Å². The molecule has 12 nitrogen and oxygen atoms in total. The van der Waals surface area contributed by atoms with Crippen molar-refractivity contribution in [3.63, 3.8) is 0 Å². The standard InChI is InChI=1S/C32H24N2O10/c1-3-41-29(37)23-25(43-33-27(35)19-9-5-7-11-21(19)31(23,33)39)17-13-15-18(16-14-17)26-24(30(38)42-4-2)32(40)22-12-8-6-10-20(22)28(36)34(32)44-26/h5-16,39-40H,3-4H2,1-2H3. The quantitative estimate of drug-likeness (QED) is 0.407. The van der Waals surface area contributed by atoms with Crippen LogP contribution >= 0.6 is 0 Å². The van der Waals surface area contributed by atoms with Gasteiger partial charge in [-0.15, -0.1) is 10.1 Å². The number of aliphatic hydroxyl groups is 2. The molecule has 2 atom stereocenters. The predicted octanol–water partition coefficient (Wildman–Crippen LogP) is 2.73. The van der Waals surface area contributed by atoms with Gasteiger partial charge >= 0.3 is 11.9 Å². The number of hydroxylamine groups is 4. The summed E-state index contributed by atoms with van der Waals surface area (Å²) in [7, 11) is 0. The van der Waals surface area contributed by atoms with Gasteiger partial charge in [-0.3, -0.25) is 9.59 Å². The first-order valence-electron chi connectivity index (χ1n) is 13.8. The van der Waals surface area contributed by atoms with Crippen molar-refractivity contribution in [2.75, 3.05) is 13.2 Å². The summed E-state index contributed by atoms with van der Waals surface area (Å²) in [5.41, 5.74) is -3.78. The van der Waals surface area contributed by atoms with Gasteiger partial charge in [0.05, 0.1) is 24.3 Å². The van der Waals surface area contributed by atoms with Gasteiger partial charge in [0, 0.05) is 22.3 Å². The van der Waals surface area contributed by atoms with Crippen LogP contribution in [0.4, 0.5) is 0 Å². The molecule has 4 aliphatic rings. The van der Waals surface area contributed by atoms with Gasteiger partial charge in [0.2, 0.25) is 11.4 Å². The average Bonchev–Trinajstić information content (AvgIpc) is 3.66. The van der Waals surface area contributed by atoms with E-state index in [-0.39, 0.29) is 69.3 Å². The average molecular weight is 597 g/mol. The lowest BCUT2D eigenvalue weighted by molar-refractivity contribution is -0.183. The van der Waals surface area contributed by atoms with E-state index >= 15 is 0 Å². The fraction of sp³-hybridized carbons (Fsp3) is 0.188. The summed E-state index contributed by atoms with van der Waals surface area (Å²) in [6.07, 6.45) is 0. The minimum Gasteiger partial charge on any atom is -0.462 e. The third kappa shape index (κ3) is 3.40. The Balaban J connectivity index is 1.35. The van der Waals surface area contributed by atoms with E-state index in [1.165, 1.54) is 48.5 Å². The number of fused-ring (bicyclic) bond motifs is 6. The predicted molar refractivity (Wildman–Crippen MR) is 149 cm³/mol. The normalized spacial score (nSPS) is 22.8. The zero-order valence-corrected chi connectivity index (χ0v) is 23.4. The maximum atomic E-state index is 13.2. The van der Waals surface area contributed by atoms with E-state index in [2.05, 4.69) is 0 Å². The molecule has 0 saturated carbocycles. The fourth-order valence-electron chi connectivity index (χ4n) is 6.00. The molecule has 2 amide bonds. The highest BCUT2D eigenvalue weighted by atomic mass is 16.7. The molecule has 222 valence electrons. The Morgan fingerprint density at radius 1 is 0.659 bits per heavy atom. The Hall–Kier alpha value is -5.46. The van der Waals surface area contributed by atoms with E-state index in [4.69, 9.17) is 19.1 Å². The number of carbonyl (C=O) groups is 4. The number of carbonyl (C=O) groups excluding carboxylic acids is 4. The Bertz CT molecular complexity index is 1730. The monoisotopic (exact) mass is 596 g/mol. The largest absolute Gasteiger partial charge is 0.462 e. The maximum Gasteiger partial charge on any atom is 0.343 e.